The van der Waals surface area contributed by atoms with Gasteiger partial charge >= 0.3 is 0 Å². The number of nitrogens with one attached hydrogen (secondary N) is 1. The average Bonchev–Trinajstić information content (AvgIpc) is 3.24. The van der Waals surface area contributed by atoms with Crippen LogP contribution in [0.25, 0.3) is 5.69 Å². The number of hydrogen-bond acceptors (Lipinski definition) is 5. The Kier molecular flexibility index (Phi) is 4.90. The number of carbonyl (C=O) groups is 1. The van der Waals surface area contributed by atoms with Gasteiger partial charge in [0.25, 0.3) is 5.91 Å². The minimum Gasteiger partial charge on any atom is -0.497 e. The van der Waals surface area contributed by atoms with Crippen molar-refractivity contribution in [1.82, 2.24) is 20.3 Å². The molecular formula is C17H18N4O2S. The Balaban J connectivity index is 1.70. The lowest BCUT2D eigenvalue weighted by atomic mass is 10.2. The van der Waals surface area contributed by atoms with E-state index in [0.717, 1.165) is 17.9 Å². The second-order valence-electron chi connectivity index (χ2n) is 5.22. The summed E-state index contributed by atoms with van der Waals surface area (Å²) in [5, 5.41) is 13.0. The lowest BCUT2D eigenvalue weighted by Crippen LogP contribution is -2.26. The Labute approximate surface area is 144 Å². The van der Waals surface area contributed by atoms with Crippen molar-refractivity contribution in [3.63, 3.8) is 0 Å². The number of hydrogen-bond donors (Lipinski definition) is 1. The van der Waals surface area contributed by atoms with Crippen molar-refractivity contribution in [2.24, 2.45) is 0 Å². The zero-order valence-electron chi connectivity index (χ0n) is 13.5. The number of nitrogens with zero attached hydrogens (tertiary/aromatic N) is 3. The van der Waals surface area contributed by atoms with Crippen LogP contribution >= 0.6 is 11.3 Å². The molecule has 6 nitrogen and oxygen atoms in total. The summed E-state index contributed by atoms with van der Waals surface area (Å²) in [6.07, 6.45) is 0.812. The Morgan fingerprint density at radius 2 is 2.21 bits per heavy atom. The van der Waals surface area contributed by atoms with E-state index in [4.69, 9.17) is 4.74 Å². The van der Waals surface area contributed by atoms with Crippen molar-refractivity contribution < 1.29 is 9.53 Å². The van der Waals surface area contributed by atoms with E-state index in [9.17, 15) is 4.79 Å². The van der Waals surface area contributed by atoms with Crippen molar-refractivity contribution in [3.8, 4) is 11.4 Å². The molecule has 0 saturated heterocycles. The number of rotatable bonds is 6. The van der Waals surface area contributed by atoms with E-state index in [1.807, 2.05) is 42.6 Å². The van der Waals surface area contributed by atoms with Crippen molar-refractivity contribution in [2.75, 3.05) is 13.7 Å². The van der Waals surface area contributed by atoms with E-state index < -0.39 is 0 Å². The number of benzene rings is 1. The normalized spacial score (nSPS) is 10.6. The lowest BCUT2D eigenvalue weighted by molar-refractivity contribution is 0.0948. The maximum Gasteiger partial charge on any atom is 0.273 e. The van der Waals surface area contributed by atoms with Crippen LogP contribution in [0.5, 0.6) is 5.75 Å². The molecule has 0 fully saturated rings. The van der Waals surface area contributed by atoms with Gasteiger partial charge in [0.05, 0.1) is 18.5 Å². The number of ether oxygens (including phenoxy) is 1. The minimum atomic E-state index is -0.210. The van der Waals surface area contributed by atoms with Crippen LogP contribution in [0.2, 0.25) is 0 Å². The van der Waals surface area contributed by atoms with Gasteiger partial charge in [-0.3, -0.25) is 4.79 Å². The molecule has 3 aromatic rings. The van der Waals surface area contributed by atoms with E-state index in [0.29, 0.717) is 17.9 Å². The number of methoxy groups -OCH3 is 1. The molecular weight excluding hydrogens is 324 g/mol. The molecule has 0 saturated carbocycles. The van der Waals surface area contributed by atoms with Gasteiger partial charge in [0.15, 0.2) is 5.69 Å². The second-order valence-corrected chi connectivity index (χ2v) is 6.25. The molecule has 7 heteroatoms. The standard InChI is InChI=1S/C17H18N4O2S/c1-12-16(17(22)18-9-8-15-7-4-10-24-15)19-20-21(12)13-5-3-6-14(11-13)23-2/h3-7,10-11H,8-9H2,1-2H3,(H,18,22). The van der Waals surface area contributed by atoms with Gasteiger partial charge in [0, 0.05) is 17.5 Å². The molecule has 0 aliphatic carbocycles. The SMILES string of the molecule is COc1cccc(-n2nnc(C(=O)NCCc3cccs3)c2C)c1. The van der Waals surface area contributed by atoms with Gasteiger partial charge in [-0.05, 0) is 36.9 Å². The van der Waals surface area contributed by atoms with E-state index in [1.165, 1.54) is 4.88 Å². The van der Waals surface area contributed by atoms with E-state index in [2.05, 4.69) is 21.7 Å². The zero-order chi connectivity index (χ0) is 16.9. The molecule has 0 atom stereocenters. The summed E-state index contributed by atoms with van der Waals surface area (Å²) in [5.41, 5.74) is 1.83. The number of amides is 1. The van der Waals surface area contributed by atoms with Crippen LogP contribution in [0.15, 0.2) is 41.8 Å². The largest absolute Gasteiger partial charge is 0.497 e. The lowest BCUT2D eigenvalue weighted by Gasteiger charge is -2.06. The zero-order valence-corrected chi connectivity index (χ0v) is 14.3. The van der Waals surface area contributed by atoms with Gasteiger partial charge in [-0.25, -0.2) is 4.68 Å². The summed E-state index contributed by atoms with van der Waals surface area (Å²) >= 11 is 1.68. The van der Waals surface area contributed by atoms with E-state index in [-0.39, 0.29) is 5.91 Å². The van der Waals surface area contributed by atoms with E-state index >= 15 is 0 Å². The third-order valence-electron chi connectivity index (χ3n) is 3.64. The number of thiophene rings is 1. The van der Waals surface area contributed by atoms with Gasteiger partial charge < -0.3 is 10.1 Å². The summed E-state index contributed by atoms with van der Waals surface area (Å²) in [6.45, 7) is 2.40. The van der Waals surface area contributed by atoms with Crippen molar-refractivity contribution in [2.45, 2.75) is 13.3 Å². The first-order chi connectivity index (χ1) is 11.7. The summed E-state index contributed by atoms with van der Waals surface area (Å²) in [6, 6.07) is 11.5. The smallest absolute Gasteiger partial charge is 0.273 e. The van der Waals surface area contributed by atoms with Crippen molar-refractivity contribution in [3.05, 3.63) is 58.0 Å². The first kappa shape index (κ1) is 16.2. The molecule has 0 unspecified atom stereocenters. The van der Waals surface area contributed by atoms with Crippen LogP contribution in [-0.2, 0) is 6.42 Å². The van der Waals surface area contributed by atoms with Gasteiger partial charge in [-0.2, -0.15) is 0 Å². The second kappa shape index (κ2) is 7.27. The summed E-state index contributed by atoms with van der Waals surface area (Å²) in [4.78, 5) is 13.6. The molecule has 24 heavy (non-hydrogen) atoms. The maximum atomic E-state index is 12.3. The molecule has 1 N–H and O–H groups in total. The first-order valence-corrected chi connectivity index (χ1v) is 8.44. The van der Waals surface area contributed by atoms with Crippen LogP contribution in [0.1, 0.15) is 21.1 Å². The molecule has 1 aromatic carbocycles. The fourth-order valence-electron chi connectivity index (χ4n) is 2.36. The fraction of sp³-hybridized carbons (Fsp3) is 0.235. The Morgan fingerprint density at radius 1 is 1.33 bits per heavy atom. The molecule has 0 aliphatic rings. The predicted molar refractivity (Wildman–Crippen MR) is 93.0 cm³/mol. The van der Waals surface area contributed by atoms with Crippen molar-refractivity contribution in [1.29, 1.82) is 0 Å². The Morgan fingerprint density at radius 3 is 2.96 bits per heavy atom. The Hall–Kier alpha value is -2.67. The maximum absolute atomic E-state index is 12.3. The Bertz CT molecular complexity index is 827. The van der Waals surface area contributed by atoms with Crippen LogP contribution in [0, 0.1) is 6.92 Å². The molecule has 0 bridgehead atoms. The predicted octanol–water partition coefficient (Wildman–Crippen LogP) is 2.62. The first-order valence-electron chi connectivity index (χ1n) is 7.56. The van der Waals surface area contributed by atoms with Gasteiger partial charge in [-0.1, -0.05) is 17.3 Å². The van der Waals surface area contributed by atoms with Crippen LogP contribution in [-0.4, -0.2) is 34.6 Å². The highest BCUT2D eigenvalue weighted by molar-refractivity contribution is 7.09. The topological polar surface area (TPSA) is 69.0 Å². The molecule has 0 radical (unpaired) electrons. The van der Waals surface area contributed by atoms with Gasteiger partial charge in [-0.15, -0.1) is 16.4 Å². The van der Waals surface area contributed by atoms with Gasteiger partial charge in [0.2, 0.25) is 0 Å². The molecule has 3 rings (SSSR count). The molecule has 124 valence electrons. The third kappa shape index (κ3) is 3.46. The fourth-order valence-corrected chi connectivity index (χ4v) is 3.07. The molecule has 1 amide bonds. The summed E-state index contributed by atoms with van der Waals surface area (Å²) in [5.74, 6) is 0.516. The van der Waals surface area contributed by atoms with Gasteiger partial charge in [0.1, 0.15) is 5.75 Å². The van der Waals surface area contributed by atoms with E-state index in [1.54, 1.807) is 23.1 Å². The average molecular weight is 342 g/mol. The number of aromatic nitrogens is 3. The monoisotopic (exact) mass is 342 g/mol. The summed E-state index contributed by atoms with van der Waals surface area (Å²) in [7, 11) is 1.61. The molecule has 0 aliphatic heterocycles. The molecule has 0 spiro atoms. The quantitative estimate of drug-likeness (QED) is 0.748. The van der Waals surface area contributed by atoms with Crippen molar-refractivity contribution >= 4 is 17.2 Å². The summed E-state index contributed by atoms with van der Waals surface area (Å²) < 4.78 is 6.85. The van der Waals surface area contributed by atoms with Crippen LogP contribution in [0.3, 0.4) is 0 Å². The minimum absolute atomic E-state index is 0.210. The molecule has 2 aromatic heterocycles. The highest BCUT2D eigenvalue weighted by atomic mass is 32.1. The molecule has 2 heterocycles. The van der Waals surface area contributed by atoms with Crippen LogP contribution in [0.4, 0.5) is 0 Å². The highest BCUT2D eigenvalue weighted by Crippen LogP contribution is 2.18. The number of carbonyl (C=O) groups excluding carboxylic acids is 1. The third-order valence-corrected chi connectivity index (χ3v) is 4.58. The highest BCUT2D eigenvalue weighted by Gasteiger charge is 2.17. The van der Waals surface area contributed by atoms with Crippen LogP contribution < -0.4 is 10.1 Å².